The zero-order chi connectivity index (χ0) is 8.48. The van der Waals surface area contributed by atoms with Gasteiger partial charge in [-0.25, -0.2) is 0 Å². The summed E-state index contributed by atoms with van der Waals surface area (Å²) in [5, 5.41) is 0. The first kappa shape index (κ1) is 8.04. The van der Waals surface area contributed by atoms with Crippen molar-refractivity contribution in [2.75, 3.05) is 0 Å². The molecule has 0 aliphatic carbocycles. The topological polar surface area (TPSA) is 12.9 Å². The molecule has 0 bridgehead atoms. The minimum absolute atomic E-state index is 0.470. The van der Waals surface area contributed by atoms with E-state index < -0.39 is 11.9 Å². The standard InChI is InChI=1S/C7H5F3N/c1-5-2-3-6(11-4-5)7(8,9)10/h2-4H,1H2. The van der Waals surface area contributed by atoms with E-state index in [1.807, 2.05) is 0 Å². The van der Waals surface area contributed by atoms with Gasteiger partial charge in [-0.1, -0.05) is 6.07 Å². The van der Waals surface area contributed by atoms with Crippen LogP contribution >= 0.6 is 0 Å². The molecule has 1 nitrogen and oxygen atoms in total. The highest BCUT2D eigenvalue weighted by molar-refractivity contribution is 5.17. The van der Waals surface area contributed by atoms with Crippen molar-refractivity contribution in [2.45, 2.75) is 6.18 Å². The van der Waals surface area contributed by atoms with Crippen LogP contribution in [0.2, 0.25) is 0 Å². The van der Waals surface area contributed by atoms with Crippen LogP contribution in [0.15, 0.2) is 18.3 Å². The highest BCUT2D eigenvalue weighted by Gasteiger charge is 2.31. The van der Waals surface area contributed by atoms with Crippen LogP contribution in [0.4, 0.5) is 13.2 Å². The molecule has 0 saturated carbocycles. The number of hydrogen-bond donors (Lipinski definition) is 0. The van der Waals surface area contributed by atoms with Gasteiger partial charge in [0.25, 0.3) is 0 Å². The Morgan fingerprint density at radius 2 is 1.91 bits per heavy atom. The Morgan fingerprint density at radius 1 is 1.27 bits per heavy atom. The Morgan fingerprint density at radius 3 is 2.27 bits per heavy atom. The third kappa shape index (κ3) is 1.93. The van der Waals surface area contributed by atoms with Crippen molar-refractivity contribution in [3.63, 3.8) is 0 Å². The summed E-state index contributed by atoms with van der Waals surface area (Å²) in [5.41, 5.74) is -0.414. The lowest BCUT2D eigenvalue weighted by Gasteiger charge is -2.03. The lowest BCUT2D eigenvalue weighted by Crippen LogP contribution is -2.07. The average Bonchev–Trinajstić information content (AvgIpc) is 1.86. The van der Waals surface area contributed by atoms with E-state index in [9.17, 15) is 13.2 Å². The van der Waals surface area contributed by atoms with Crippen molar-refractivity contribution in [3.05, 3.63) is 36.5 Å². The van der Waals surface area contributed by atoms with E-state index in [1.165, 1.54) is 6.07 Å². The van der Waals surface area contributed by atoms with Crippen LogP contribution < -0.4 is 0 Å². The van der Waals surface area contributed by atoms with Gasteiger partial charge in [-0.15, -0.1) is 0 Å². The van der Waals surface area contributed by atoms with Crippen molar-refractivity contribution < 1.29 is 13.2 Å². The molecular formula is C7H5F3N. The lowest BCUT2D eigenvalue weighted by atomic mass is 10.3. The zero-order valence-electron chi connectivity index (χ0n) is 5.52. The molecule has 59 valence electrons. The SMILES string of the molecule is [CH2]c1ccc(C(F)(F)F)nc1. The normalized spacial score (nSPS) is 11.6. The fraction of sp³-hybridized carbons (Fsp3) is 0.143. The van der Waals surface area contributed by atoms with Gasteiger partial charge in [-0.2, -0.15) is 13.2 Å². The van der Waals surface area contributed by atoms with Gasteiger partial charge in [-0.3, -0.25) is 4.98 Å². The van der Waals surface area contributed by atoms with Gasteiger partial charge in [0, 0.05) is 6.20 Å². The van der Waals surface area contributed by atoms with Crippen LogP contribution in [0, 0.1) is 6.92 Å². The van der Waals surface area contributed by atoms with Crippen molar-refractivity contribution >= 4 is 0 Å². The fourth-order valence-corrected chi connectivity index (χ4v) is 0.592. The predicted octanol–water partition coefficient (Wildman–Crippen LogP) is 2.28. The van der Waals surface area contributed by atoms with Gasteiger partial charge in [0.15, 0.2) is 0 Å². The summed E-state index contributed by atoms with van der Waals surface area (Å²) in [6.45, 7) is 3.41. The first-order chi connectivity index (χ1) is 5.00. The zero-order valence-corrected chi connectivity index (χ0v) is 5.52. The Bertz CT molecular complexity index is 237. The Balaban J connectivity index is 2.99. The molecule has 0 amide bonds. The number of rotatable bonds is 0. The van der Waals surface area contributed by atoms with Gasteiger partial charge in [0.1, 0.15) is 5.69 Å². The van der Waals surface area contributed by atoms with Gasteiger partial charge in [0.05, 0.1) is 0 Å². The first-order valence-corrected chi connectivity index (χ1v) is 2.85. The Labute approximate surface area is 61.9 Å². The quantitative estimate of drug-likeness (QED) is 0.567. The molecule has 11 heavy (non-hydrogen) atoms. The van der Waals surface area contributed by atoms with E-state index in [0.29, 0.717) is 5.56 Å². The van der Waals surface area contributed by atoms with Crippen LogP contribution in [-0.4, -0.2) is 4.98 Å². The summed E-state index contributed by atoms with van der Waals surface area (Å²) in [6, 6.07) is 2.18. The van der Waals surface area contributed by atoms with E-state index in [1.54, 1.807) is 0 Å². The molecule has 0 N–H and O–H groups in total. The summed E-state index contributed by atoms with van der Waals surface area (Å²) < 4.78 is 35.5. The molecule has 0 fully saturated rings. The largest absolute Gasteiger partial charge is 0.433 e. The molecule has 1 radical (unpaired) electrons. The molecule has 0 spiro atoms. The molecule has 0 unspecified atom stereocenters. The molecule has 0 aliphatic rings. The van der Waals surface area contributed by atoms with Crippen LogP contribution in [0.25, 0.3) is 0 Å². The molecule has 4 heteroatoms. The summed E-state index contributed by atoms with van der Waals surface area (Å²) in [7, 11) is 0. The van der Waals surface area contributed by atoms with Gasteiger partial charge < -0.3 is 0 Å². The fourth-order valence-electron chi connectivity index (χ4n) is 0.592. The monoisotopic (exact) mass is 160 g/mol. The van der Waals surface area contributed by atoms with Crippen molar-refractivity contribution in [1.82, 2.24) is 4.98 Å². The molecule has 1 rings (SSSR count). The van der Waals surface area contributed by atoms with Gasteiger partial charge in [0.2, 0.25) is 0 Å². The second kappa shape index (κ2) is 2.53. The molecule has 0 saturated heterocycles. The minimum atomic E-state index is -4.35. The number of pyridine rings is 1. The van der Waals surface area contributed by atoms with Crippen LogP contribution in [0.5, 0.6) is 0 Å². The van der Waals surface area contributed by atoms with E-state index in [0.717, 1.165) is 12.3 Å². The van der Waals surface area contributed by atoms with Crippen molar-refractivity contribution in [2.24, 2.45) is 0 Å². The third-order valence-electron chi connectivity index (χ3n) is 1.12. The molecular weight excluding hydrogens is 155 g/mol. The molecule has 0 aliphatic heterocycles. The number of aromatic nitrogens is 1. The van der Waals surface area contributed by atoms with Crippen LogP contribution in [0.1, 0.15) is 11.3 Å². The third-order valence-corrected chi connectivity index (χ3v) is 1.12. The Hall–Kier alpha value is -1.06. The summed E-state index contributed by atoms with van der Waals surface area (Å²) in [6.07, 6.45) is -3.27. The number of hydrogen-bond acceptors (Lipinski definition) is 1. The summed E-state index contributed by atoms with van der Waals surface area (Å²) in [4.78, 5) is 3.16. The highest BCUT2D eigenvalue weighted by atomic mass is 19.4. The van der Waals surface area contributed by atoms with E-state index in [-0.39, 0.29) is 0 Å². The predicted molar refractivity (Wildman–Crippen MR) is 33.7 cm³/mol. The van der Waals surface area contributed by atoms with Gasteiger partial charge in [-0.05, 0) is 18.6 Å². The first-order valence-electron chi connectivity index (χ1n) is 2.85. The Kier molecular flexibility index (Phi) is 1.85. The number of nitrogens with zero attached hydrogens (tertiary/aromatic N) is 1. The van der Waals surface area contributed by atoms with Crippen LogP contribution in [0.3, 0.4) is 0 Å². The maximum atomic E-state index is 11.8. The van der Waals surface area contributed by atoms with Crippen molar-refractivity contribution in [3.8, 4) is 0 Å². The second-order valence-electron chi connectivity index (χ2n) is 2.05. The maximum absolute atomic E-state index is 11.8. The van der Waals surface area contributed by atoms with E-state index in [2.05, 4.69) is 11.9 Å². The van der Waals surface area contributed by atoms with E-state index >= 15 is 0 Å². The molecule has 1 aromatic rings. The van der Waals surface area contributed by atoms with Crippen LogP contribution in [-0.2, 0) is 6.18 Å². The summed E-state index contributed by atoms with van der Waals surface area (Å²) >= 11 is 0. The molecule has 1 aromatic heterocycles. The van der Waals surface area contributed by atoms with Crippen molar-refractivity contribution in [1.29, 1.82) is 0 Å². The maximum Gasteiger partial charge on any atom is 0.433 e. The van der Waals surface area contributed by atoms with Gasteiger partial charge >= 0.3 is 6.18 Å². The number of alkyl halides is 3. The molecule has 0 aromatic carbocycles. The molecule has 0 atom stereocenters. The highest BCUT2D eigenvalue weighted by Crippen LogP contribution is 2.26. The van der Waals surface area contributed by atoms with E-state index in [4.69, 9.17) is 0 Å². The smallest absolute Gasteiger partial charge is 0.252 e. The second-order valence-corrected chi connectivity index (χ2v) is 2.05. The average molecular weight is 160 g/mol. The summed E-state index contributed by atoms with van der Waals surface area (Å²) in [5.74, 6) is 0. The molecule has 1 heterocycles. The number of halogens is 3. The minimum Gasteiger partial charge on any atom is -0.252 e. The lowest BCUT2D eigenvalue weighted by molar-refractivity contribution is -0.141.